The van der Waals surface area contributed by atoms with Crippen LogP contribution in [0.25, 0.3) is 0 Å². The number of rotatable bonds is 7. The minimum Gasteiger partial charge on any atom is -0.465 e. The molecule has 6 heteroatoms. The van der Waals surface area contributed by atoms with Gasteiger partial charge in [-0.05, 0) is 33.2 Å². The molecule has 0 spiro atoms. The van der Waals surface area contributed by atoms with Gasteiger partial charge in [0.1, 0.15) is 16.4 Å². The van der Waals surface area contributed by atoms with Crippen molar-refractivity contribution in [3.8, 4) is 0 Å². The number of hydrogen-bond donors (Lipinski definition) is 2. The van der Waals surface area contributed by atoms with E-state index in [0.29, 0.717) is 36.1 Å². The van der Waals surface area contributed by atoms with E-state index in [9.17, 15) is 8.42 Å². The van der Waals surface area contributed by atoms with E-state index in [0.717, 1.165) is 6.42 Å². The van der Waals surface area contributed by atoms with Gasteiger partial charge in [-0.15, -0.1) is 0 Å². The summed E-state index contributed by atoms with van der Waals surface area (Å²) in [4.78, 5) is 0.281. The van der Waals surface area contributed by atoms with E-state index in [1.165, 1.54) is 0 Å². The predicted molar refractivity (Wildman–Crippen MR) is 75.6 cm³/mol. The van der Waals surface area contributed by atoms with E-state index in [4.69, 9.17) is 4.42 Å². The molecule has 0 aliphatic carbocycles. The maximum Gasteiger partial charge on any atom is 0.244 e. The van der Waals surface area contributed by atoms with Gasteiger partial charge in [-0.3, -0.25) is 0 Å². The summed E-state index contributed by atoms with van der Waals surface area (Å²) in [6.07, 6.45) is 0.816. The molecule has 2 N–H and O–H groups in total. The molecule has 1 aromatic heterocycles. The fraction of sp³-hybridized carbons (Fsp3) is 0.692. The summed E-state index contributed by atoms with van der Waals surface area (Å²) in [5.74, 6) is 1.56. The Hall–Kier alpha value is -0.850. The molecule has 0 fully saturated rings. The normalized spacial score (nSPS) is 12.3. The van der Waals surface area contributed by atoms with Crippen LogP contribution < -0.4 is 10.0 Å². The van der Waals surface area contributed by atoms with Crippen molar-refractivity contribution in [3.63, 3.8) is 0 Å². The van der Waals surface area contributed by atoms with Crippen molar-refractivity contribution < 1.29 is 12.8 Å². The number of aryl methyl sites for hydroxylation is 2. The van der Waals surface area contributed by atoms with Crippen LogP contribution in [0.3, 0.4) is 0 Å². The Labute approximate surface area is 115 Å². The summed E-state index contributed by atoms with van der Waals surface area (Å²) >= 11 is 0. The van der Waals surface area contributed by atoms with Gasteiger partial charge in [-0.1, -0.05) is 13.8 Å². The first-order valence-electron chi connectivity index (χ1n) is 6.52. The van der Waals surface area contributed by atoms with Gasteiger partial charge < -0.3 is 9.73 Å². The van der Waals surface area contributed by atoms with Crippen LogP contribution in [0.4, 0.5) is 0 Å². The molecular weight excluding hydrogens is 264 g/mol. The summed E-state index contributed by atoms with van der Waals surface area (Å²) in [5.41, 5.74) is 0.706. The molecule has 19 heavy (non-hydrogen) atoms. The Kier molecular flexibility index (Phi) is 5.58. The number of hydrogen-bond acceptors (Lipinski definition) is 4. The van der Waals surface area contributed by atoms with Gasteiger partial charge in [-0.2, -0.15) is 0 Å². The second-order valence-electron chi connectivity index (χ2n) is 5.13. The molecule has 1 aromatic rings. The molecule has 0 radical (unpaired) electrons. The molecule has 1 heterocycles. The van der Waals surface area contributed by atoms with E-state index in [2.05, 4.69) is 23.9 Å². The molecule has 0 bridgehead atoms. The summed E-state index contributed by atoms with van der Waals surface area (Å²) in [6, 6.07) is 0. The topological polar surface area (TPSA) is 71.3 Å². The molecule has 0 amide bonds. The maximum atomic E-state index is 12.3. The molecule has 0 aromatic carbocycles. The van der Waals surface area contributed by atoms with Crippen LogP contribution in [0, 0.1) is 19.8 Å². The highest BCUT2D eigenvalue weighted by Gasteiger charge is 2.26. The highest BCUT2D eigenvalue weighted by molar-refractivity contribution is 7.89. The van der Waals surface area contributed by atoms with Gasteiger partial charge in [0.25, 0.3) is 0 Å². The van der Waals surface area contributed by atoms with Crippen LogP contribution >= 0.6 is 0 Å². The van der Waals surface area contributed by atoms with Crippen molar-refractivity contribution in [1.82, 2.24) is 10.0 Å². The molecule has 5 nitrogen and oxygen atoms in total. The molecule has 0 atom stereocenters. The zero-order chi connectivity index (χ0) is 14.6. The molecular formula is C13H24N2O3S. The van der Waals surface area contributed by atoms with E-state index in [1.54, 1.807) is 20.9 Å². The van der Waals surface area contributed by atoms with Crippen LogP contribution in [-0.2, 0) is 16.6 Å². The smallest absolute Gasteiger partial charge is 0.244 e. The Morgan fingerprint density at radius 3 is 2.37 bits per heavy atom. The van der Waals surface area contributed by atoms with Gasteiger partial charge in [0.2, 0.25) is 10.0 Å². The minimum atomic E-state index is -3.50. The Bertz CT molecular complexity index is 518. The number of furan rings is 1. The summed E-state index contributed by atoms with van der Waals surface area (Å²) in [5, 5.41) is 2.97. The lowest BCUT2D eigenvalue weighted by Crippen LogP contribution is -2.27. The van der Waals surface area contributed by atoms with Gasteiger partial charge in [-0.25, -0.2) is 13.1 Å². The lowest BCUT2D eigenvalue weighted by Gasteiger charge is -2.09. The van der Waals surface area contributed by atoms with Crippen LogP contribution in [0.2, 0.25) is 0 Å². The van der Waals surface area contributed by atoms with Gasteiger partial charge in [0.05, 0.1) is 0 Å². The third-order valence-electron chi connectivity index (χ3n) is 2.96. The number of nitrogens with one attached hydrogen (secondary N) is 2. The maximum absolute atomic E-state index is 12.3. The molecule has 0 saturated carbocycles. The molecule has 110 valence electrons. The molecule has 0 aliphatic rings. The van der Waals surface area contributed by atoms with Crippen LogP contribution in [-0.4, -0.2) is 22.0 Å². The average molecular weight is 288 g/mol. The SMILES string of the molecule is CNCc1c(C)oc(C)c1S(=O)(=O)NCCC(C)C. The van der Waals surface area contributed by atoms with E-state index in [-0.39, 0.29) is 4.90 Å². The molecule has 1 rings (SSSR count). The number of sulfonamides is 1. The lowest BCUT2D eigenvalue weighted by atomic mass is 10.1. The van der Waals surface area contributed by atoms with Crippen molar-refractivity contribution in [2.24, 2.45) is 5.92 Å². The van der Waals surface area contributed by atoms with E-state index < -0.39 is 10.0 Å². The first-order chi connectivity index (χ1) is 8.79. The minimum absolute atomic E-state index is 0.281. The average Bonchev–Trinajstić information content (AvgIpc) is 2.54. The summed E-state index contributed by atoms with van der Waals surface area (Å²) in [7, 11) is -1.72. The van der Waals surface area contributed by atoms with Crippen LogP contribution in [0.15, 0.2) is 9.31 Å². The first kappa shape index (κ1) is 16.2. The van der Waals surface area contributed by atoms with Crippen molar-refractivity contribution in [1.29, 1.82) is 0 Å². The van der Waals surface area contributed by atoms with Crippen LogP contribution in [0.1, 0.15) is 37.4 Å². The van der Waals surface area contributed by atoms with E-state index >= 15 is 0 Å². The molecule has 0 saturated heterocycles. The fourth-order valence-corrected chi connectivity index (χ4v) is 3.49. The zero-order valence-corrected chi connectivity index (χ0v) is 13.1. The predicted octanol–water partition coefficient (Wildman–Crippen LogP) is 1.94. The second kappa shape index (κ2) is 6.54. The second-order valence-corrected chi connectivity index (χ2v) is 6.84. The first-order valence-corrected chi connectivity index (χ1v) is 8.01. The Morgan fingerprint density at radius 1 is 1.21 bits per heavy atom. The van der Waals surface area contributed by atoms with Crippen molar-refractivity contribution in [2.75, 3.05) is 13.6 Å². The third-order valence-corrected chi connectivity index (χ3v) is 4.62. The molecule has 0 unspecified atom stereocenters. The van der Waals surface area contributed by atoms with Crippen molar-refractivity contribution >= 4 is 10.0 Å². The highest BCUT2D eigenvalue weighted by Crippen LogP contribution is 2.26. The largest absolute Gasteiger partial charge is 0.465 e. The Morgan fingerprint density at radius 2 is 1.84 bits per heavy atom. The van der Waals surface area contributed by atoms with E-state index in [1.807, 2.05) is 0 Å². The van der Waals surface area contributed by atoms with Gasteiger partial charge >= 0.3 is 0 Å². The zero-order valence-electron chi connectivity index (χ0n) is 12.3. The Balaban J connectivity index is 3.00. The monoisotopic (exact) mass is 288 g/mol. The fourth-order valence-electron chi connectivity index (χ4n) is 2.00. The lowest BCUT2D eigenvalue weighted by molar-refractivity contribution is 0.493. The quantitative estimate of drug-likeness (QED) is 0.804. The highest BCUT2D eigenvalue weighted by atomic mass is 32.2. The van der Waals surface area contributed by atoms with Crippen molar-refractivity contribution in [3.05, 3.63) is 17.1 Å². The van der Waals surface area contributed by atoms with Crippen molar-refractivity contribution in [2.45, 2.75) is 45.6 Å². The summed E-state index contributed by atoms with van der Waals surface area (Å²) < 4.78 is 32.8. The van der Waals surface area contributed by atoms with Crippen LogP contribution in [0.5, 0.6) is 0 Å². The van der Waals surface area contributed by atoms with Gasteiger partial charge in [0.15, 0.2) is 0 Å². The molecule has 0 aliphatic heterocycles. The summed E-state index contributed by atoms with van der Waals surface area (Å²) in [6.45, 7) is 8.52. The van der Waals surface area contributed by atoms with Gasteiger partial charge in [0, 0.05) is 18.7 Å². The third kappa shape index (κ3) is 4.06. The standard InChI is InChI=1S/C13H24N2O3S/c1-9(2)6-7-15-19(16,17)13-11(4)18-10(3)12(13)8-14-5/h9,14-15H,6-8H2,1-5H3.